The molecule has 0 aromatic carbocycles. The smallest absolute Gasteiger partial charge is 0.187 e. The lowest BCUT2D eigenvalue weighted by molar-refractivity contribution is -0.374. The highest BCUT2D eigenvalue weighted by Crippen LogP contribution is 2.76. The molecule has 5 aliphatic heterocycles. The molecule has 0 aromatic rings. The average molecular weight is 1270 g/mol. The standard InChI is InChI=1S/C60H100O28/c1-23-33(63)38(68)45(75)52(82-23)88-47-42(72)37(67)29(21-80-51-44(74)40(70)35(65)27(19-62)84-51)86-54(47)81-22-60-16-15-58(7)24(25(60)17-55(2,3)48(77)49(60)78)9-10-31-57(6)13-12-32(56(4,5)30(57)11-14-59(31,58)8)87-53-46(76)41(71)36(66)28(85-53)20-79-50-43(73)39(69)34(64)26(18-61)83-50/h9,23,25-54,61-78H,10-22H2,1-8H3/t23?,25?,26?,27?,28?,29?,30?,31?,32-,33-,34+,35+,36+,37+,38?,39?,40?,41?,42?,43-,44-,45-,46-,47-,48-,49-,50+,51+,52-,53-,54+,57-,58+,59+,60-/m0/s1. The van der Waals surface area contributed by atoms with E-state index in [-0.39, 0.29) is 29.3 Å². The van der Waals surface area contributed by atoms with Crippen molar-refractivity contribution in [2.45, 2.75) is 279 Å². The summed E-state index contributed by atoms with van der Waals surface area (Å²) in [6.45, 7) is 13.7. The molecule has 5 heterocycles. The maximum absolute atomic E-state index is 12.7. The molecule has 0 bridgehead atoms. The molecule has 0 aromatic heterocycles. The first-order chi connectivity index (χ1) is 41.1. The van der Waals surface area contributed by atoms with Gasteiger partial charge in [-0.25, -0.2) is 0 Å². The first kappa shape index (κ1) is 69.4. The van der Waals surface area contributed by atoms with Crippen molar-refractivity contribution >= 4 is 0 Å². The summed E-state index contributed by atoms with van der Waals surface area (Å²) in [4.78, 5) is 0. The van der Waals surface area contributed by atoms with Crippen LogP contribution in [0.5, 0.6) is 0 Å². The second kappa shape index (κ2) is 25.6. The fraction of sp³-hybridized carbons (Fsp3) is 0.967. The summed E-state index contributed by atoms with van der Waals surface area (Å²) in [6, 6.07) is 0. The van der Waals surface area contributed by atoms with Crippen LogP contribution in [0.3, 0.4) is 0 Å². The molecule has 508 valence electrons. The molecule has 28 heteroatoms. The van der Waals surface area contributed by atoms with Crippen molar-refractivity contribution in [3.63, 3.8) is 0 Å². The summed E-state index contributed by atoms with van der Waals surface area (Å²) in [5.41, 5.74) is -2.51. The van der Waals surface area contributed by atoms with Gasteiger partial charge in [0.15, 0.2) is 31.5 Å². The molecule has 9 fully saturated rings. The number of hydrogen-bond donors (Lipinski definition) is 18. The van der Waals surface area contributed by atoms with E-state index in [1.54, 1.807) is 0 Å². The Hall–Kier alpha value is -1.38. The number of rotatable bonds is 15. The third-order valence-electron chi connectivity index (χ3n) is 23.8. The maximum Gasteiger partial charge on any atom is 0.187 e. The molecular formula is C60H100O28. The largest absolute Gasteiger partial charge is 0.394 e. The van der Waals surface area contributed by atoms with Crippen LogP contribution in [0.2, 0.25) is 0 Å². The van der Waals surface area contributed by atoms with Crippen molar-refractivity contribution in [3.8, 4) is 0 Å². The average Bonchev–Trinajstić information content (AvgIpc) is 0.919. The lowest BCUT2D eigenvalue weighted by Crippen LogP contribution is -2.69. The highest BCUT2D eigenvalue weighted by Gasteiger charge is 2.71. The zero-order chi connectivity index (χ0) is 64.4. The molecule has 10 rings (SSSR count). The van der Waals surface area contributed by atoms with Crippen molar-refractivity contribution in [3.05, 3.63) is 11.6 Å². The monoisotopic (exact) mass is 1270 g/mol. The summed E-state index contributed by atoms with van der Waals surface area (Å²) in [6.07, 6.45) is -36.5. The van der Waals surface area contributed by atoms with E-state index in [4.69, 9.17) is 47.4 Å². The lowest BCUT2D eigenvalue weighted by atomic mass is 9.33. The van der Waals surface area contributed by atoms with Gasteiger partial charge in [0.1, 0.15) is 116 Å². The van der Waals surface area contributed by atoms with Crippen LogP contribution in [-0.2, 0) is 47.4 Å². The fourth-order valence-corrected chi connectivity index (χ4v) is 18.0. The molecule has 0 amide bonds. The summed E-state index contributed by atoms with van der Waals surface area (Å²) in [7, 11) is 0. The van der Waals surface area contributed by atoms with Crippen LogP contribution in [0.1, 0.15) is 107 Å². The van der Waals surface area contributed by atoms with Gasteiger partial charge in [-0.3, -0.25) is 0 Å². The van der Waals surface area contributed by atoms with E-state index in [0.717, 1.165) is 18.4 Å². The summed E-state index contributed by atoms with van der Waals surface area (Å²) >= 11 is 0. The van der Waals surface area contributed by atoms with Gasteiger partial charge in [-0.15, -0.1) is 0 Å². The lowest BCUT2D eigenvalue weighted by Gasteiger charge is -2.72. The highest BCUT2D eigenvalue weighted by atomic mass is 16.8. The number of hydrogen-bond acceptors (Lipinski definition) is 28. The highest BCUT2D eigenvalue weighted by molar-refractivity contribution is 5.35. The van der Waals surface area contributed by atoms with Gasteiger partial charge in [0.2, 0.25) is 0 Å². The zero-order valence-electron chi connectivity index (χ0n) is 51.3. The van der Waals surface area contributed by atoms with E-state index < -0.39 is 226 Å². The predicted molar refractivity (Wildman–Crippen MR) is 297 cm³/mol. The van der Waals surface area contributed by atoms with Crippen molar-refractivity contribution in [1.82, 2.24) is 0 Å². The minimum Gasteiger partial charge on any atom is -0.394 e. The third kappa shape index (κ3) is 11.5. The number of ether oxygens (including phenoxy) is 10. The van der Waals surface area contributed by atoms with Gasteiger partial charge in [0, 0.05) is 5.41 Å². The number of aliphatic hydroxyl groups is 18. The molecule has 18 N–H and O–H groups in total. The first-order valence-electron chi connectivity index (χ1n) is 31.4. The molecule has 0 radical (unpaired) electrons. The fourth-order valence-electron chi connectivity index (χ4n) is 18.0. The minimum atomic E-state index is -1.91. The summed E-state index contributed by atoms with van der Waals surface area (Å²) in [5, 5.41) is 196. The van der Waals surface area contributed by atoms with E-state index >= 15 is 0 Å². The summed E-state index contributed by atoms with van der Waals surface area (Å²) < 4.78 is 60.2. The van der Waals surface area contributed by atoms with E-state index in [9.17, 15) is 91.9 Å². The molecule has 35 atom stereocenters. The Morgan fingerprint density at radius 3 is 1.51 bits per heavy atom. The van der Waals surface area contributed by atoms with Crippen LogP contribution >= 0.6 is 0 Å². The molecule has 10 aliphatic rings. The topological polar surface area (TPSA) is 456 Å². The maximum atomic E-state index is 12.7. The van der Waals surface area contributed by atoms with Crippen LogP contribution in [-0.4, -0.2) is 297 Å². The van der Waals surface area contributed by atoms with Gasteiger partial charge in [-0.05, 0) is 103 Å². The molecule has 88 heavy (non-hydrogen) atoms. The second-order valence-corrected chi connectivity index (χ2v) is 29.3. The Morgan fingerprint density at radius 2 is 0.955 bits per heavy atom. The Balaban J connectivity index is 0.885. The zero-order valence-corrected chi connectivity index (χ0v) is 51.3. The molecule has 4 saturated carbocycles. The minimum absolute atomic E-state index is 0.0706. The van der Waals surface area contributed by atoms with Gasteiger partial charge in [0.05, 0.1) is 57.5 Å². The molecule has 5 saturated heterocycles. The SMILES string of the molecule is CC1O[C@@H](O[C@H]2C(O)[C@H](O)C(CO[C@@H]3OC(CO)[C@@H](O)C(O)[C@@H]3O)O[C@H]2OC[C@@]23CC[C@]4(C)C(=CCC5[C@@]6(C)CC[C@H](O[C@@H]7OC(CO[C@@H]8OC(CO)[C@@H](O)C(O)[C@@H]8O)[C@@H](O)C(O)[C@@H]7O)C(C)(C)C6CC[C@]54C)C2CC(C)(C)[C@@H](O)[C@@H]3O)[C@@H](O)C(O)[C@H]1O. The molecular weight excluding hydrogens is 1170 g/mol. The normalized spacial score (nSPS) is 55.3. The van der Waals surface area contributed by atoms with Crippen LogP contribution in [0.4, 0.5) is 0 Å². The van der Waals surface area contributed by atoms with E-state index in [1.165, 1.54) is 6.92 Å². The molecule has 13 unspecified atom stereocenters. The molecule has 28 nitrogen and oxygen atoms in total. The van der Waals surface area contributed by atoms with Crippen LogP contribution in [0, 0.1) is 50.2 Å². The van der Waals surface area contributed by atoms with E-state index in [2.05, 4.69) is 40.7 Å². The van der Waals surface area contributed by atoms with Gasteiger partial charge in [-0.1, -0.05) is 60.1 Å². The van der Waals surface area contributed by atoms with Crippen LogP contribution < -0.4 is 0 Å². The van der Waals surface area contributed by atoms with Gasteiger partial charge in [0.25, 0.3) is 0 Å². The van der Waals surface area contributed by atoms with Crippen LogP contribution in [0.25, 0.3) is 0 Å². The van der Waals surface area contributed by atoms with Gasteiger partial charge in [-0.2, -0.15) is 0 Å². The van der Waals surface area contributed by atoms with Gasteiger partial charge >= 0.3 is 0 Å². The number of allylic oxidation sites excluding steroid dienone is 2. The Labute approximate surface area is 511 Å². The summed E-state index contributed by atoms with van der Waals surface area (Å²) in [5.74, 6) is -0.207. The van der Waals surface area contributed by atoms with Crippen molar-refractivity contribution < 1.29 is 139 Å². The predicted octanol–water partition coefficient (Wildman–Crippen LogP) is -4.77. The number of fused-ring (bicyclic) bond motifs is 7. The van der Waals surface area contributed by atoms with Crippen molar-refractivity contribution in [2.75, 3.05) is 33.0 Å². The Morgan fingerprint density at radius 1 is 0.466 bits per heavy atom. The number of aliphatic hydroxyl groups excluding tert-OH is 18. The first-order valence-corrected chi connectivity index (χ1v) is 31.4. The quantitative estimate of drug-likeness (QED) is 0.0541. The van der Waals surface area contributed by atoms with E-state index in [0.29, 0.717) is 38.5 Å². The van der Waals surface area contributed by atoms with Gasteiger partial charge < -0.3 is 139 Å². The van der Waals surface area contributed by atoms with Crippen molar-refractivity contribution in [1.29, 1.82) is 0 Å². The second-order valence-electron chi connectivity index (χ2n) is 29.3. The Bertz CT molecular complexity index is 2400. The van der Waals surface area contributed by atoms with Crippen molar-refractivity contribution in [2.24, 2.45) is 50.2 Å². The third-order valence-corrected chi connectivity index (χ3v) is 23.8. The Kier molecular flexibility index (Phi) is 20.2. The molecule has 0 spiro atoms. The van der Waals surface area contributed by atoms with E-state index in [1.807, 2.05) is 13.8 Å². The molecule has 5 aliphatic carbocycles. The van der Waals surface area contributed by atoms with Crippen LogP contribution in [0.15, 0.2) is 11.6 Å².